The van der Waals surface area contributed by atoms with Crippen molar-refractivity contribution in [3.8, 4) is 5.75 Å². The van der Waals surface area contributed by atoms with Gasteiger partial charge in [0, 0.05) is 13.1 Å². The Morgan fingerprint density at radius 3 is 3.12 bits per heavy atom. The van der Waals surface area contributed by atoms with Gasteiger partial charge in [0.1, 0.15) is 18.6 Å². The number of benzene rings is 1. The van der Waals surface area contributed by atoms with Gasteiger partial charge in [-0.05, 0) is 59.7 Å². The Hall–Kier alpha value is -2.44. The first-order valence-electron chi connectivity index (χ1n) is 8.36. The summed E-state index contributed by atoms with van der Waals surface area (Å²) in [6, 6.07) is 8.20. The number of likely N-dealkylation sites (tertiary alicyclic amines) is 1. The molecule has 1 aliphatic heterocycles. The van der Waals surface area contributed by atoms with Crippen LogP contribution in [0.4, 0.5) is 0 Å². The SMILES string of the molecule is COc1cccc(CC[C@H]2CCCN(C(=O)Cn3cnnn3)C2)c1. The maximum atomic E-state index is 12.4. The van der Waals surface area contributed by atoms with Gasteiger partial charge in [0.15, 0.2) is 0 Å². The topological polar surface area (TPSA) is 73.1 Å². The predicted octanol–water partition coefficient (Wildman–Crippen LogP) is 1.55. The molecule has 0 aliphatic carbocycles. The summed E-state index contributed by atoms with van der Waals surface area (Å²) in [6.07, 6.45) is 5.81. The van der Waals surface area contributed by atoms with Crippen LogP contribution in [0.15, 0.2) is 30.6 Å². The number of piperidine rings is 1. The zero-order chi connectivity index (χ0) is 16.8. The fourth-order valence-corrected chi connectivity index (χ4v) is 3.22. The lowest BCUT2D eigenvalue weighted by atomic mass is 9.91. The fourth-order valence-electron chi connectivity index (χ4n) is 3.22. The highest BCUT2D eigenvalue weighted by Gasteiger charge is 2.23. The second-order valence-electron chi connectivity index (χ2n) is 6.25. The molecule has 1 atom stereocenters. The smallest absolute Gasteiger partial charge is 0.244 e. The number of rotatable bonds is 6. The number of carbonyl (C=O) groups excluding carboxylic acids is 1. The van der Waals surface area contributed by atoms with Crippen LogP contribution in [-0.2, 0) is 17.8 Å². The quantitative estimate of drug-likeness (QED) is 0.804. The molecule has 24 heavy (non-hydrogen) atoms. The molecule has 2 heterocycles. The number of methoxy groups -OCH3 is 1. The van der Waals surface area contributed by atoms with E-state index in [0.717, 1.165) is 38.1 Å². The molecule has 0 spiro atoms. The van der Waals surface area contributed by atoms with Crippen LogP contribution in [0.1, 0.15) is 24.8 Å². The molecule has 0 N–H and O–H groups in total. The van der Waals surface area contributed by atoms with Gasteiger partial charge < -0.3 is 9.64 Å². The molecular weight excluding hydrogens is 306 g/mol. The molecule has 7 heteroatoms. The van der Waals surface area contributed by atoms with Crippen LogP contribution < -0.4 is 4.74 Å². The lowest BCUT2D eigenvalue weighted by molar-refractivity contribution is -0.133. The lowest BCUT2D eigenvalue weighted by Gasteiger charge is -2.32. The van der Waals surface area contributed by atoms with Gasteiger partial charge in [-0.15, -0.1) is 5.10 Å². The van der Waals surface area contributed by atoms with Crippen molar-refractivity contribution in [1.29, 1.82) is 0 Å². The average Bonchev–Trinajstić information content (AvgIpc) is 3.13. The van der Waals surface area contributed by atoms with Crippen LogP contribution in [0.25, 0.3) is 0 Å². The summed E-state index contributed by atoms with van der Waals surface area (Å²) in [4.78, 5) is 14.3. The molecule has 1 aliphatic rings. The summed E-state index contributed by atoms with van der Waals surface area (Å²) >= 11 is 0. The van der Waals surface area contributed by atoms with E-state index in [9.17, 15) is 4.79 Å². The second-order valence-corrected chi connectivity index (χ2v) is 6.25. The molecule has 0 unspecified atom stereocenters. The van der Waals surface area contributed by atoms with Gasteiger partial charge in [0.25, 0.3) is 0 Å². The van der Waals surface area contributed by atoms with Crippen LogP contribution in [-0.4, -0.2) is 51.2 Å². The molecule has 7 nitrogen and oxygen atoms in total. The highest BCUT2D eigenvalue weighted by atomic mass is 16.5. The molecule has 1 aromatic carbocycles. The standard InChI is InChI=1S/C17H23N5O2/c1-24-16-6-2-4-14(10-16)7-8-15-5-3-9-21(11-15)17(23)12-22-13-18-19-20-22/h2,4,6,10,13,15H,3,5,7-9,11-12H2,1H3/t15-/m1/s1. The van der Waals surface area contributed by atoms with Crippen molar-refractivity contribution in [3.63, 3.8) is 0 Å². The Morgan fingerprint density at radius 1 is 1.42 bits per heavy atom. The molecular formula is C17H23N5O2. The van der Waals surface area contributed by atoms with E-state index >= 15 is 0 Å². The summed E-state index contributed by atoms with van der Waals surface area (Å²) in [6.45, 7) is 1.87. The van der Waals surface area contributed by atoms with E-state index in [1.165, 1.54) is 23.0 Å². The molecule has 1 amide bonds. The van der Waals surface area contributed by atoms with Crippen molar-refractivity contribution >= 4 is 5.91 Å². The minimum atomic E-state index is 0.0911. The second kappa shape index (κ2) is 7.90. The van der Waals surface area contributed by atoms with Crippen molar-refractivity contribution < 1.29 is 9.53 Å². The predicted molar refractivity (Wildman–Crippen MR) is 88.4 cm³/mol. The first kappa shape index (κ1) is 16.4. The monoisotopic (exact) mass is 329 g/mol. The highest BCUT2D eigenvalue weighted by molar-refractivity contribution is 5.75. The van der Waals surface area contributed by atoms with E-state index in [4.69, 9.17) is 4.74 Å². The number of amides is 1. The number of nitrogens with zero attached hydrogens (tertiary/aromatic N) is 5. The van der Waals surface area contributed by atoms with Crippen LogP contribution >= 0.6 is 0 Å². The van der Waals surface area contributed by atoms with E-state index < -0.39 is 0 Å². The zero-order valence-corrected chi connectivity index (χ0v) is 14.0. The largest absolute Gasteiger partial charge is 0.497 e. The van der Waals surface area contributed by atoms with Crippen molar-refractivity contribution in [2.24, 2.45) is 5.92 Å². The van der Waals surface area contributed by atoms with Crippen LogP contribution in [0, 0.1) is 5.92 Å². The fraction of sp³-hybridized carbons (Fsp3) is 0.529. The van der Waals surface area contributed by atoms with Gasteiger partial charge in [-0.1, -0.05) is 12.1 Å². The van der Waals surface area contributed by atoms with Crippen LogP contribution in [0.2, 0.25) is 0 Å². The first-order valence-corrected chi connectivity index (χ1v) is 8.36. The third-order valence-electron chi connectivity index (χ3n) is 4.54. The summed E-state index contributed by atoms with van der Waals surface area (Å²) < 4.78 is 6.75. The third kappa shape index (κ3) is 4.31. The van der Waals surface area contributed by atoms with Crippen molar-refractivity contribution in [2.75, 3.05) is 20.2 Å². The van der Waals surface area contributed by atoms with Gasteiger partial charge >= 0.3 is 0 Å². The minimum absolute atomic E-state index is 0.0911. The summed E-state index contributed by atoms with van der Waals surface area (Å²) in [5, 5.41) is 10.9. The molecule has 2 aromatic rings. The highest BCUT2D eigenvalue weighted by Crippen LogP contribution is 2.23. The zero-order valence-electron chi connectivity index (χ0n) is 14.0. The van der Waals surface area contributed by atoms with E-state index in [-0.39, 0.29) is 12.5 Å². The third-order valence-corrected chi connectivity index (χ3v) is 4.54. The Kier molecular flexibility index (Phi) is 5.40. The molecule has 0 saturated carbocycles. The number of ether oxygens (including phenoxy) is 1. The molecule has 1 fully saturated rings. The summed E-state index contributed by atoms with van der Waals surface area (Å²) in [5.74, 6) is 1.53. The Morgan fingerprint density at radius 2 is 2.33 bits per heavy atom. The maximum absolute atomic E-state index is 12.4. The lowest BCUT2D eigenvalue weighted by Crippen LogP contribution is -2.41. The molecule has 1 aromatic heterocycles. The molecule has 128 valence electrons. The van der Waals surface area contributed by atoms with E-state index in [1.807, 2.05) is 17.0 Å². The van der Waals surface area contributed by atoms with Gasteiger partial charge in [-0.2, -0.15) is 0 Å². The Labute approximate surface area is 141 Å². The van der Waals surface area contributed by atoms with E-state index in [0.29, 0.717) is 5.92 Å². The van der Waals surface area contributed by atoms with E-state index in [1.54, 1.807) is 7.11 Å². The minimum Gasteiger partial charge on any atom is -0.497 e. The van der Waals surface area contributed by atoms with E-state index in [2.05, 4.69) is 27.7 Å². The number of carbonyl (C=O) groups is 1. The summed E-state index contributed by atoms with van der Waals surface area (Å²) in [7, 11) is 1.69. The number of tetrazole rings is 1. The van der Waals surface area contributed by atoms with Gasteiger partial charge in [0.05, 0.1) is 7.11 Å². The van der Waals surface area contributed by atoms with Crippen LogP contribution in [0.5, 0.6) is 5.75 Å². The number of hydrogen-bond acceptors (Lipinski definition) is 5. The molecule has 3 rings (SSSR count). The maximum Gasteiger partial charge on any atom is 0.244 e. The van der Waals surface area contributed by atoms with Gasteiger partial charge in [-0.3, -0.25) is 4.79 Å². The average molecular weight is 329 g/mol. The molecule has 0 radical (unpaired) electrons. The summed E-state index contributed by atoms with van der Waals surface area (Å²) in [5.41, 5.74) is 1.28. The van der Waals surface area contributed by atoms with Crippen molar-refractivity contribution in [3.05, 3.63) is 36.2 Å². The Balaban J connectivity index is 1.50. The molecule has 1 saturated heterocycles. The normalized spacial score (nSPS) is 17.7. The number of hydrogen-bond donors (Lipinski definition) is 0. The number of aromatic nitrogens is 4. The van der Waals surface area contributed by atoms with Crippen molar-refractivity contribution in [1.82, 2.24) is 25.1 Å². The number of aryl methyl sites for hydroxylation is 1. The van der Waals surface area contributed by atoms with Gasteiger partial charge in [0.2, 0.25) is 5.91 Å². The molecule has 0 bridgehead atoms. The first-order chi connectivity index (χ1) is 11.7. The van der Waals surface area contributed by atoms with Crippen molar-refractivity contribution in [2.45, 2.75) is 32.2 Å². The van der Waals surface area contributed by atoms with Crippen LogP contribution in [0.3, 0.4) is 0 Å². The Bertz CT molecular complexity index is 659. The van der Waals surface area contributed by atoms with Gasteiger partial charge in [-0.25, -0.2) is 4.68 Å².